The molecule has 23 heavy (non-hydrogen) atoms. The van der Waals surface area contributed by atoms with Gasteiger partial charge in [0, 0.05) is 12.8 Å². The first-order chi connectivity index (χ1) is 10.5. The molecule has 0 aromatic heterocycles. The van der Waals surface area contributed by atoms with E-state index in [1.807, 2.05) is 0 Å². The highest BCUT2D eigenvalue weighted by Gasteiger charge is 2.35. The lowest BCUT2D eigenvalue weighted by molar-refractivity contribution is -0.131. The van der Waals surface area contributed by atoms with Gasteiger partial charge in [-0.1, -0.05) is 45.0 Å². The van der Waals surface area contributed by atoms with Crippen LogP contribution < -0.4 is 0 Å². The number of rotatable bonds is 3. The number of carbonyl (C=O) groups excluding carboxylic acids is 1. The number of likely N-dealkylation sites (tertiary alicyclic amines) is 1. The summed E-state index contributed by atoms with van der Waals surface area (Å²) < 4.78 is 23.4. The molecule has 1 aliphatic heterocycles. The van der Waals surface area contributed by atoms with Crippen molar-refractivity contribution in [3.63, 3.8) is 0 Å². The van der Waals surface area contributed by atoms with Crippen LogP contribution in [0.1, 0.15) is 57.7 Å². The number of hydrogen-bond donors (Lipinski definition) is 0. The highest BCUT2D eigenvalue weighted by atomic mass is 32.2. The van der Waals surface area contributed by atoms with Crippen molar-refractivity contribution in [3.8, 4) is 0 Å². The van der Waals surface area contributed by atoms with Gasteiger partial charge >= 0.3 is 0 Å². The summed E-state index contributed by atoms with van der Waals surface area (Å²) in [6.07, 6.45) is 2.92. The van der Waals surface area contributed by atoms with E-state index >= 15 is 0 Å². The van der Waals surface area contributed by atoms with Crippen molar-refractivity contribution in [1.29, 1.82) is 0 Å². The first kappa shape index (κ1) is 18.0. The Hall–Kier alpha value is -1.36. The van der Waals surface area contributed by atoms with Gasteiger partial charge in [-0.2, -0.15) is 0 Å². The molecule has 0 spiro atoms. The van der Waals surface area contributed by atoms with Gasteiger partial charge in [-0.05, 0) is 36.3 Å². The molecule has 5 heteroatoms. The van der Waals surface area contributed by atoms with Crippen LogP contribution in [0.2, 0.25) is 0 Å². The average Bonchev–Trinajstić information content (AvgIpc) is 2.93. The average molecular weight is 337 g/mol. The van der Waals surface area contributed by atoms with Crippen LogP contribution in [0.5, 0.6) is 0 Å². The molecule has 1 aromatic carbocycles. The Morgan fingerprint density at radius 1 is 1.22 bits per heavy atom. The van der Waals surface area contributed by atoms with E-state index in [0.29, 0.717) is 6.54 Å². The second kappa shape index (κ2) is 6.27. The molecule has 0 N–H and O–H groups in total. The van der Waals surface area contributed by atoms with E-state index in [-0.39, 0.29) is 17.4 Å². The number of sulfone groups is 1. The van der Waals surface area contributed by atoms with Crippen LogP contribution >= 0.6 is 0 Å². The molecule has 0 radical (unpaired) electrons. The molecule has 2 rings (SSSR count). The molecule has 128 valence electrons. The zero-order valence-electron chi connectivity index (χ0n) is 14.7. The third kappa shape index (κ3) is 3.94. The molecule has 2 atom stereocenters. The molecule has 0 aliphatic carbocycles. The summed E-state index contributed by atoms with van der Waals surface area (Å²) in [7, 11) is -3.36. The van der Waals surface area contributed by atoms with Gasteiger partial charge < -0.3 is 4.90 Å². The fraction of sp³-hybridized carbons (Fsp3) is 0.611. The molecular weight excluding hydrogens is 310 g/mol. The van der Waals surface area contributed by atoms with E-state index < -0.39 is 15.1 Å². The Balaban J connectivity index is 2.24. The molecule has 0 bridgehead atoms. The maximum Gasteiger partial charge on any atom is 0.241 e. The second-order valence-electron chi connectivity index (χ2n) is 7.53. The molecule has 0 unspecified atom stereocenters. The Morgan fingerprint density at radius 2 is 1.78 bits per heavy atom. The molecule has 1 aliphatic rings. The minimum Gasteiger partial charge on any atom is -0.335 e. The van der Waals surface area contributed by atoms with E-state index in [1.165, 1.54) is 12.5 Å². The predicted molar refractivity (Wildman–Crippen MR) is 93.1 cm³/mol. The van der Waals surface area contributed by atoms with Crippen LogP contribution in [0.4, 0.5) is 0 Å². The second-order valence-corrected chi connectivity index (χ2v) is 9.90. The van der Waals surface area contributed by atoms with Crippen molar-refractivity contribution in [1.82, 2.24) is 4.90 Å². The lowest BCUT2D eigenvalue weighted by Gasteiger charge is -2.28. The van der Waals surface area contributed by atoms with Gasteiger partial charge in [0.15, 0.2) is 9.84 Å². The molecular formula is C18H27NO3S. The van der Waals surface area contributed by atoms with Gasteiger partial charge in [0.2, 0.25) is 5.91 Å². The Bertz CT molecular complexity index is 671. The van der Waals surface area contributed by atoms with Crippen LogP contribution in [0.3, 0.4) is 0 Å². The molecule has 0 saturated carbocycles. The zero-order valence-corrected chi connectivity index (χ0v) is 15.5. The summed E-state index contributed by atoms with van der Waals surface area (Å²) in [6, 6.07) is 8.34. The Kier molecular flexibility index (Phi) is 4.90. The van der Waals surface area contributed by atoms with Gasteiger partial charge in [0.05, 0.1) is 6.04 Å². The summed E-state index contributed by atoms with van der Waals surface area (Å²) in [5.41, 5.74) is 2.43. The van der Waals surface area contributed by atoms with Crippen LogP contribution in [0, 0.1) is 0 Å². The lowest BCUT2D eigenvalue weighted by Crippen LogP contribution is -2.40. The highest BCUT2D eigenvalue weighted by molar-refractivity contribution is 7.92. The summed E-state index contributed by atoms with van der Waals surface area (Å²) in [5, 5.41) is -0.975. The molecule has 1 aromatic rings. The van der Waals surface area contributed by atoms with E-state index in [0.717, 1.165) is 24.7 Å². The van der Waals surface area contributed by atoms with E-state index in [4.69, 9.17) is 0 Å². The van der Waals surface area contributed by atoms with Crippen molar-refractivity contribution < 1.29 is 13.2 Å². The quantitative estimate of drug-likeness (QED) is 0.852. The fourth-order valence-corrected chi connectivity index (χ4v) is 3.50. The largest absolute Gasteiger partial charge is 0.335 e. The number of carbonyl (C=O) groups is 1. The SMILES string of the molecule is C[C@H](C(=O)N1CCC[C@@H]1c1ccc(C(C)(C)C)cc1)S(C)(=O)=O. The van der Waals surface area contributed by atoms with Crippen LogP contribution in [-0.4, -0.2) is 37.3 Å². The Labute approximate surface area is 139 Å². The van der Waals surface area contributed by atoms with Crippen molar-refractivity contribution in [2.75, 3.05) is 12.8 Å². The maximum atomic E-state index is 12.5. The molecule has 1 heterocycles. The predicted octanol–water partition coefficient (Wildman–Crippen LogP) is 3.08. The van der Waals surface area contributed by atoms with Gasteiger partial charge in [0.25, 0.3) is 0 Å². The number of amides is 1. The molecule has 1 saturated heterocycles. The number of hydrogen-bond acceptors (Lipinski definition) is 3. The van der Waals surface area contributed by atoms with Crippen LogP contribution in [-0.2, 0) is 20.0 Å². The zero-order chi connectivity index (χ0) is 17.4. The topological polar surface area (TPSA) is 54.5 Å². The first-order valence-corrected chi connectivity index (χ1v) is 10.1. The fourth-order valence-electron chi connectivity index (χ4n) is 3.00. The van der Waals surface area contributed by atoms with Crippen LogP contribution in [0.15, 0.2) is 24.3 Å². The van der Waals surface area contributed by atoms with E-state index in [2.05, 4.69) is 45.0 Å². The summed E-state index contributed by atoms with van der Waals surface area (Å²) >= 11 is 0. The first-order valence-electron chi connectivity index (χ1n) is 8.11. The summed E-state index contributed by atoms with van der Waals surface area (Å²) in [4.78, 5) is 14.3. The normalized spacial score (nSPS) is 20.6. The molecule has 1 fully saturated rings. The number of nitrogens with zero attached hydrogens (tertiary/aromatic N) is 1. The van der Waals surface area contributed by atoms with E-state index in [1.54, 1.807) is 4.90 Å². The molecule has 4 nitrogen and oxygen atoms in total. The van der Waals surface area contributed by atoms with Gasteiger partial charge in [-0.25, -0.2) is 8.42 Å². The van der Waals surface area contributed by atoms with Crippen molar-refractivity contribution >= 4 is 15.7 Å². The third-order valence-electron chi connectivity index (χ3n) is 4.69. The van der Waals surface area contributed by atoms with E-state index in [9.17, 15) is 13.2 Å². The maximum absolute atomic E-state index is 12.5. The molecule has 1 amide bonds. The smallest absolute Gasteiger partial charge is 0.241 e. The Morgan fingerprint density at radius 3 is 2.26 bits per heavy atom. The minimum absolute atomic E-state index is 0.0132. The lowest BCUT2D eigenvalue weighted by atomic mass is 9.86. The van der Waals surface area contributed by atoms with Crippen molar-refractivity contribution in [3.05, 3.63) is 35.4 Å². The van der Waals surface area contributed by atoms with Gasteiger partial charge in [0.1, 0.15) is 5.25 Å². The minimum atomic E-state index is -3.36. The number of benzene rings is 1. The van der Waals surface area contributed by atoms with Crippen molar-refractivity contribution in [2.24, 2.45) is 0 Å². The summed E-state index contributed by atoms with van der Waals surface area (Å²) in [5.74, 6) is -0.283. The van der Waals surface area contributed by atoms with Crippen molar-refractivity contribution in [2.45, 2.75) is 57.2 Å². The van der Waals surface area contributed by atoms with Crippen LogP contribution in [0.25, 0.3) is 0 Å². The standard InChI is InChI=1S/C18H27NO3S/c1-13(23(5,21)22)17(20)19-12-6-7-16(19)14-8-10-15(11-9-14)18(2,3)4/h8-11,13,16H,6-7,12H2,1-5H3/t13-,16-/m1/s1. The highest BCUT2D eigenvalue weighted by Crippen LogP contribution is 2.34. The van der Waals surface area contributed by atoms with Gasteiger partial charge in [-0.15, -0.1) is 0 Å². The monoisotopic (exact) mass is 337 g/mol. The third-order valence-corrected chi connectivity index (χ3v) is 6.17. The van der Waals surface area contributed by atoms with Gasteiger partial charge in [-0.3, -0.25) is 4.79 Å². The summed E-state index contributed by atoms with van der Waals surface area (Å²) in [6.45, 7) is 8.61.